The highest BCUT2D eigenvalue weighted by molar-refractivity contribution is 8.18. The van der Waals surface area contributed by atoms with Crippen LogP contribution < -0.4 is 4.74 Å². The molecule has 0 atom stereocenters. The third-order valence-electron chi connectivity index (χ3n) is 3.86. The maximum Gasteiger partial charge on any atom is 0.293 e. The van der Waals surface area contributed by atoms with E-state index in [0.717, 1.165) is 16.7 Å². The minimum atomic E-state index is -0.538. The normalized spacial score (nSPS) is 15.5. The number of nitro groups is 1. The maximum atomic E-state index is 12.6. The Kier molecular flexibility index (Phi) is 5.48. The Hall–Kier alpha value is -2.84. The average molecular weight is 405 g/mol. The van der Waals surface area contributed by atoms with E-state index < -0.39 is 16.1 Å². The summed E-state index contributed by atoms with van der Waals surface area (Å²) in [5.74, 6) is -0.00611. The van der Waals surface area contributed by atoms with Crippen LogP contribution in [0, 0.1) is 10.1 Å². The molecule has 1 fully saturated rings. The van der Waals surface area contributed by atoms with E-state index >= 15 is 0 Å². The molecule has 138 valence electrons. The first kappa shape index (κ1) is 18.9. The summed E-state index contributed by atoms with van der Waals surface area (Å²) in [6.45, 7) is -0.164. The summed E-state index contributed by atoms with van der Waals surface area (Å²) in [6, 6.07) is 11.0. The minimum absolute atomic E-state index is 0.137. The van der Waals surface area contributed by atoms with Gasteiger partial charge in [0, 0.05) is 11.6 Å². The molecule has 0 spiro atoms. The summed E-state index contributed by atoms with van der Waals surface area (Å²) in [6.07, 6.45) is 1.55. The van der Waals surface area contributed by atoms with Crippen molar-refractivity contribution in [2.24, 2.45) is 0 Å². The highest BCUT2D eigenvalue weighted by Crippen LogP contribution is 2.35. The molecule has 9 heteroatoms. The van der Waals surface area contributed by atoms with Crippen LogP contribution in [0.1, 0.15) is 11.1 Å². The molecule has 0 unspecified atom stereocenters. The van der Waals surface area contributed by atoms with E-state index in [9.17, 15) is 19.7 Å². The molecule has 1 aliphatic rings. The van der Waals surface area contributed by atoms with Gasteiger partial charge in [0.15, 0.2) is 0 Å². The summed E-state index contributed by atoms with van der Waals surface area (Å²) in [5.41, 5.74) is 0.790. The zero-order valence-electron chi connectivity index (χ0n) is 14.0. The molecule has 27 heavy (non-hydrogen) atoms. The van der Waals surface area contributed by atoms with E-state index in [0.29, 0.717) is 21.9 Å². The first-order chi connectivity index (χ1) is 12.9. The molecule has 7 nitrogen and oxygen atoms in total. The van der Waals surface area contributed by atoms with Crippen molar-refractivity contribution in [1.82, 2.24) is 4.90 Å². The van der Waals surface area contributed by atoms with E-state index in [4.69, 9.17) is 16.3 Å². The highest BCUT2D eigenvalue weighted by Gasteiger charge is 2.36. The van der Waals surface area contributed by atoms with Gasteiger partial charge in [-0.1, -0.05) is 35.9 Å². The number of carbonyl (C=O) groups is 2. The van der Waals surface area contributed by atoms with Gasteiger partial charge in [0.05, 0.1) is 28.5 Å². The van der Waals surface area contributed by atoms with Gasteiger partial charge in [-0.05, 0) is 35.5 Å². The van der Waals surface area contributed by atoms with E-state index in [-0.39, 0.29) is 17.1 Å². The number of hydrogen-bond acceptors (Lipinski definition) is 6. The molecule has 1 saturated heterocycles. The molecule has 1 heterocycles. The molecule has 0 radical (unpaired) electrons. The van der Waals surface area contributed by atoms with E-state index in [1.54, 1.807) is 30.3 Å². The van der Waals surface area contributed by atoms with Crippen LogP contribution in [0.3, 0.4) is 0 Å². The minimum Gasteiger partial charge on any atom is -0.495 e. The Morgan fingerprint density at radius 2 is 2.00 bits per heavy atom. The van der Waals surface area contributed by atoms with Gasteiger partial charge in [0.25, 0.3) is 16.8 Å². The van der Waals surface area contributed by atoms with Gasteiger partial charge < -0.3 is 4.74 Å². The van der Waals surface area contributed by atoms with Crippen molar-refractivity contribution in [3.05, 3.63) is 73.6 Å². The number of benzene rings is 2. The molecule has 0 saturated carbocycles. The number of thioether (sulfide) groups is 1. The molecule has 3 rings (SSSR count). The molecule has 0 bridgehead atoms. The molecule has 1 aliphatic heterocycles. The van der Waals surface area contributed by atoms with Gasteiger partial charge in [0.1, 0.15) is 5.75 Å². The van der Waals surface area contributed by atoms with E-state index in [1.165, 1.54) is 25.3 Å². The number of ether oxygens (including phenoxy) is 1. The van der Waals surface area contributed by atoms with Crippen molar-refractivity contribution in [3.8, 4) is 5.75 Å². The van der Waals surface area contributed by atoms with Gasteiger partial charge in [-0.3, -0.25) is 24.6 Å². The van der Waals surface area contributed by atoms with Crippen LogP contribution in [-0.2, 0) is 11.3 Å². The quantitative estimate of drug-likeness (QED) is 0.414. The second-order valence-corrected chi connectivity index (χ2v) is 6.95. The number of amides is 2. The van der Waals surface area contributed by atoms with Crippen LogP contribution in [-0.4, -0.2) is 28.1 Å². The molecular weight excluding hydrogens is 392 g/mol. The summed E-state index contributed by atoms with van der Waals surface area (Å²) >= 11 is 6.86. The Labute approximate surface area is 163 Å². The lowest BCUT2D eigenvalue weighted by atomic mass is 10.1. The number of rotatable bonds is 5. The monoisotopic (exact) mass is 404 g/mol. The number of para-hydroxylation sites is 1. The van der Waals surface area contributed by atoms with Crippen molar-refractivity contribution < 1.29 is 19.2 Å². The predicted octanol–water partition coefficient (Wildman–Crippen LogP) is 4.49. The van der Waals surface area contributed by atoms with Gasteiger partial charge in [-0.15, -0.1) is 0 Å². The van der Waals surface area contributed by atoms with Crippen molar-refractivity contribution in [3.63, 3.8) is 0 Å². The van der Waals surface area contributed by atoms with E-state index in [2.05, 4.69) is 0 Å². The molecule has 2 aromatic carbocycles. The van der Waals surface area contributed by atoms with Crippen LogP contribution in [0.25, 0.3) is 6.08 Å². The topological polar surface area (TPSA) is 89.8 Å². The Balaban J connectivity index is 1.85. The Bertz CT molecular complexity index is 976. The number of methoxy groups -OCH3 is 1. The number of carbonyl (C=O) groups excluding carboxylic acids is 2. The SMILES string of the molecule is COc1ccc(/C=C2\SC(=O)N(Cc3ccccc3[N+](=O)[O-])C2=O)cc1Cl. The molecule has 0 aromatic heterocycles. The van der Waals surface area contributed by atoms with Crippen molar-refractivity contribution >= 4 is 46.3 Å². The fourth-order valence-electron chi connectivity index (χ4n) is 2.55. The third-order valence-corrected chi connectivity index (χ3v) is 5.07. The number of imide groups is 1. The maximum absolute atomic E-state index is 12.6. The number of nitro benzene ring substituents is 1. The third kappa shape index (κ3) is 3.96. The number of nitrogens with zero attached hydrogens (tertiary/aromatic N) is 2. The number of halogens is 1. The Morgan fingerprint density at radius 1 is 1.26 bits per heavy atom. The lowest BCUT2D eigenvalue weighted by Crippen LogP contribution is -2.27. The first-order valence-electron chi connectivity index (χ1n) is 7.72. The lowest BCUT2D eigenvalue weighted by Gasteiger charge is -2.12. The summed E-state index contributed by atoms with van der Waals surface area (Å²) in [7, 11) is 1.50. The van der Waals surface area contributed by atoms with Crippen LogP contribution in [0.5, 0.6) is 5.75 Å². The fourth-order valence-corrected chi connectivity index (χ4v) is 3.66. The predicted molar refractivity (Wildman–Crippen MR) is 103 cm³/mol. The molecule has 2 amide bonds. The zero-order chi connectivity index (χ0) is 19.6. The second kappa shape index (κ2) is 7.81. The standard InChI is InChI=1S/C18H13ClN2O5S/c1-26-15-7-6-11(8-13(15)19)9-16-17(22)20(18(23)27-16)10-12-4-2-3-5-14(12)21(24)25/h2-9H,10H2,1H3/b16-9-. The Morgan fingerprint density at radius 3 is 2.67 bits per heavy atom. The number of hydrogen-bond donors (Lipinski definition) is 0. The molecular formula is C18H13ClN2O5S. The average Bonchev–Trinajstić information content (AvgIpc) is 2.89. The van der Waals surface area contributed by atoms with Gasteiger partial charge in [-0.25, -0.2) is 0 Å². The molecule has 0 N–H and O–H groups in total. The van der Waals surface area contributed by atoms with Crippen molar-refractivity contribution in [1.29, 1.82) is 0 Å². The van der Waals surface area contributed by atoms with Gasteiger partial charge in [-0.2, -0.15) is 0 Å². The first-order valence-corrected chi connectivity index (χ1v) is 8.91. The summed E-state index contributed by atoms with van der Waals surface area (Å²) < 4.78 is 5.08. The summed E-state index contributed by atoms with van der Waals surface area (Å²) in [4.78, 5) is 36.7. The van der Waals surface area contributed by atoms with E-state index in [1.807, 2.05) is 0 Å². The fraction of sp³-hybridized carbons (Fsp3) is 0.111. The van der Waals surface area contributed by atoms with Crippen LogP contribution in [0.15, 0.2) is 47.4 Å². The molecule has 0 aliphatic carbocycles. The van der Waals surface area contributed by atoms with Crippen LogP contribution in [0.2, 0.25) is 5.02 Å². The van der Waals surface area contributed by atoms with Crippen LogP contribution in [0.4, 0.5) is 10.5 Å². The highest BCUT2D eigenvalue weighted by atomic mass is 35.5. The molecule has 2 aromatic rings. The summed E-state index contributed by atoms with van der Waals surface area (Å²) in [5, 5.41) is 11.0. The van der Waals surface area contributed by atoms with Crippen LogP contribution >= 0.6 is 23.4 Å². The van der Waals surface area contributed by atoms with Gasteiger partial charge >= 0.3 is 0 Å². The van der Waals surface area contributed by atoms with Crippen molar-refractivity contribution in [2.75, 3.05) is 7.11 Å². The smallest absolute Gasteiger partial charge is 0.293 e. The van der Waals surface area contributed by atoms with Gasteiger partial charge in [0.2, 0.25) is 0 Å². The zero-order valence-corrected chi connectivity index (χ0v) is 15.6. The second-order valence-electron chi connectivity index (χ2n) is 5.55. The largest absolute Gasteiger partial charge is 0.495 e. The lowest BCUT2D eigenvalue weighted by molar-refractivity contribution is -0.385. The van der Waals surface area contributed by atoms with Crippen molar-refractivity contribution in [2.45, 2.75) is 6.54 Å².